The van der Waals surface area contributed by atoms with Gasteiger partial charge in [0.2, 0.25) is 15.9 Å². The standard InChI is InChI=1S/C20H32N2O4S2/c1-5-12-28(25,26)22-11-7-9-17(14-22)19(23)21-18-10-6-8-16(13-18)15-27(24)20(2,3)4/h6,8,10,13,17H,5,7,9,11-12,14-15H2,1-4H3,(H,21,23). The topological polar surface area (TPSA) is 83.6 Å². The fourth-order valence-corrected chi connectivity index (χ4v) is 5.65. The van der Waals surface area contributed by atoms with E-state index in [1.165, 1.54) is 4.31 Å². The van der Waals surface area contributed by atoms with Crippen LogP contribution in [0.25, 0.3) is 0 Å². The summed E-state index contributed by atoms with van der Waals surface area (Å²) < 4.78 is 38.1. The minimum absolute atomic E-state index is 0.119. The van der Waals surface area contributed by atoms with Gasteiger partial charge in [-0.25, -0.2) is 12.7 Å². The van der Waals surface area contributed by atoms with Gasteiger partial charge in [-0.1, -0.05) is 19.1 Å². The Morgan fingerprint density at radius 3 is 2.68 bits per heavy atom. The first-order valence-corrected chi connectivity index (χ1v) is 12.7. The first kappa shape index (κ1) is 23.0. The second kappa shape index (κ2) is 9.50. The SMILES string of the molecule is CCCS(=O)(=O)N1CCCC(C(=O)Nc2cccc(CS(=O)C(C)(C)C)c2)C1. The Balaban J connectivity index is 2.02. The van der Waals surface area contributed by atoms with E-state index in [0.29, 0.717) is 37.2 Å². The number of rotatable bonds is 7. The molecule has 1 fully saturated rings. The number of nitrogens with zero attached hydrogens (tertiary/aromatic N) is 1. The van der Waals surface area contributed by atoms with Crippen molar-refractivity contribution >= 4 is 32.4 Å². The third-order valence-electron chi connectivity index (χ3n) is 4.79. The van der Waals surface area contributed by atoms with E-state index >= 15 is 0 Å². The molecule has 1 amide bonds. The lowest BCUT2D eigenvalue weighted by Crippen LogP contribution is -2.44. The summed E-state index contributed by atoms with van der Waals surface area (Å²) in [6, 6.07) is 7.38. The van der Waals surface area contributed by atoms with Crippen LogP contribution in [0, 0.1) is 5.92 Å². The lowest BCUT2D eigenvalue weighted by Gasteiger charge is -2.31. The Morgan fingerprint density at radius 1 is 1.32 bits per heavy atom. The van der Waals surface area contributed by atoms with Crippen LogP contribution in [0.5, 0.6) is 0 Å². The first-order valence-electron chi connectivity index (χ1n) is 9.79. The monoisotopic (exact) mass is 428 g/mol. The molecule has 0 radical (unpaired) electrons. The number of amides is 1. The molecule has 28 heavy (non-hydrogen) atoms. The summed E-state index contributed by atoms with van der Waals surface area (Å²) in [5.74, 6) is 0.0341. The molecule has 8 heteroatoms. The number of carbonyl (C=O) groups is 1. The molecule has 0 saturated carbocycles. The van der Waals surface area contributed by atoms with Gasteiger partial charge in [-0.05, 0) is 57.7 Å². The van der Waals surface area contributed by atoms with Gasteiger partial charge in [0, 0.05) is 40.1 Å². The van der Waals surface area contributed by atoms with E-state index in [0.717, 1.165) is 5.56 Å². The van der Waals surface area contributed by atoms with Gasteiger partial charge in [-0.3, -0.25) is 9.00 Å². The number of carbonyl (C=O) groups excluding carboxylic acids is 1. The molecule has 2 rings (SSSR count). The molecule has 1 aromatic rings. The molecule has 2 unspecified atom stereocenters. The summed E-state index contributed by atoms with van der Waals surface area (Å²) in [6.45, 7) is 8.38. The second-order valence-electron chi connectivity index (χ2n) is 8.31. The molecule has 2 atom stereocenters. The van der Waals surface area contributed by atoms with Gasteiger partial charge in [0.05, 0.1) is 11.7 Å². The molecular weight excluding hydrogens is 396 g/mol. The number of hydrogen-bond acceptors (Lipinski definition) is 4. The number of sulfonamides is 1. The third-order valence-corrected chi connectivity index (χ3v) is 8.79. The van der Waals surface area contributed by atoms with Crippen LogP contribution < -0.4 is 5.32 Å². The number of nitrogens with one attached hydrogen (secondary N) is 1. The van der Waals surface area contributed by atoms with Crippen LogP contribution in [0.3, 0.4) is 0 Å². The van der Waals surface area contributed by atoms with E-state index in [4.69, 9.17) is 0 Å². The average molecular weight is 429 g/mol. The van der Waals surface area contributed by atoms with E-state index in [1.807, 2.05) is 45.9 Å². The van der Waals surface area contributed by atoms with Gasteiger partial charge in [0.1, 0.15) is 0 Å². The summed E-state index contributed by atoms with van der Waals surface area (Å²) in [5.41, 5.74) is 1.56. The summed E-state index contributed by atoms with van der Waals surface area (Å²) in [5, 5.41) is 2.91. The van der Waals surface area contributed by atoms with Crippen molar-refractivity contribution in [3.8, 4) is 0 Å². The Morgan fingerprint density at radius 2 is 2.04 bits per heavy atom. The molecule has 0 bridgehead atoms. The first-order chi connectivity index (χ1) is 13.0. The minimum atomic E-state index is -3.29. The maximum absolute atomic E-state index is 12.7. The van der Waals surface area contributed by atoms with Crippen molar-refractivity contribution in [2.45, 2.75) is 57.5 Å². The lowest BCUT2D eigenvalue weighted by molar-refractivity contribution is -0.120. The van der Waals surface area contributed by atoms with Gasteiger partial charge < -0.3 is 5.32 Å². The zero-order valence-electron chi connectivity index (χ0n) is 17.2. The van der Waals surface area contributed by atoms with Crippen molar-refractivity contribution in [3.05, 3.63) is 29.8 Å². The van der Waals surface area contributed by atoms with Gasteiger partial charge in [-0.15, -0.1) is 0 Å². The van der Waals surface area contributed by atoms with Crippen molar-refractivity contribution in [2.24, 2.45) is 5.92 Å². The Bertz CT molecular complexity index is 816. The zero-order valence-corrected chi connectivity index (χ0v) is 18.9. The molecule has 6 nitrogen and oxygen atoms in total. The average Bonchev–Trinajstić information content (AvgIpc) is 2.61. The fraction of sp³-hybridized carbons (Fsp3) is 0.650. The van der Waals surface area contributed by atoms with Gasteiger partial charge in [0.25, 0.3) is 0 Å². The summed E-state index contributed by atoms with van der Waals surface area (Å²) in [6.07, 6.45) is 1.93. The van der Waals surface area contributed by atoms with Crippen LogP contribution in [-0.4, -0.2) is 46.4 Å². The number of hydrogen-bond donors (Lipinski definition) is 1. The van der Waals surface area contributed by atoms with E-state index in [9.17, 15) is 17.4 Å². The summed E-state index contributed by atoms with van der Waals surface area (Å²) in [4.78, 5) is 12.7. The predicted octanol–water partition coefficient (Wildman–Crippen LogP) is 3.12. The highest BCUT2D eigenvalue weighted by Gasteiger charge is 2.31. The minimum Gasteiger partial charge on any atom is -0.326 e. The maximum Gasteiger partial charge on any atom is 0.228 e. The third kappa shape index (κ3) is 6.39. The molecule has 1 N–H and O–H groups in total. The highest BCUT2D eigenvalue weighted by atomic mass is 32.2. The summed E-state index contributed by atoms with van der Waals surface area (Å²) in [7, 11) is -4.30. The smallest absolute Gasteiger partial charge is 0.228 e. The van der Waals surface area contributed by atoms with Crippen molar-refractivity contribution in [1.82, 2.24) is 4.31 Å². The van der Waals surface area contributed by atoms with Gasteiger partial charge in [-0.2, -0.15) is 0 Å². The normalized spacial score (nSPS) is 19.9. The summed E-state index contributed by atoms with van der Waals surface area (Å²) >= 11 is 0. The highest BCUT2D eigenvalue weighted by Crippen LogP contribution is 2.23. The molecule has 0 spiro atoms. The van der Waals surface area contributed by atoms with E-state index in [-0.39, 0.29) is 28.9 Å². The van der Waals surface area contributed by atoms with E-state index in [1.54, 1.807) is 6.07 Å². The second-order valence-corrected chi connectivity index (χ2v) is 12.6. The van der Waals surface area contributed by atoms with Gasteiger partial charge in [0.15, 0.2) is 0 Å². The van der Waals surface area contributed by atoms with Crippen molar-refractivity contribution < 1.29 is 17.4 Å². The Hall–Kier alpha value is -1.25. The van der Waals surface area contributed by atoms with E-state index in [2.05, 4.69) is 5.32 Å². The number of benzene rings is 1. The molecule has 0 aliphatic carbocycles. The quantitative estimate of drug-likeness (QED) is 0.723. The number of anilines is 1. The number of piperidine rings is 1. The van der Waals surface area contributed by atoms with Crippen LogP contribution >= 0.6 is 0 Å². The van der Waals surface area contributed by atoms with Crippen molar-refractivity contribution in [1.29, 1.82) is 0 Å². The predicted molar refractivity (Wildman–Crippen MR) is 115 cm³/mol. The van der Waals surface area contributed by atoms with Gasteiger partial charge >= 0.3 is 0 Å². The van der Waals surface area contributed by atoms with Crippen LogP contribution in [0.4, 0.5) is 5.69 Å². The van der Waals surface area contributed by atoms with E-state index < -0.39 is 20.8 Å². The fourth-order valence-electron chi connectivity index (χ4n) is 3.15. The molecular formula is C20H32N2O4S2. The Labute approximate surface area is 171 Å². The van der Waals surface area contributed by atoms with Crippen molar-refractivity contribution in [3.63, 3.8) is 0 Å². The van der Waals surface area contributed by atoms with Crippen LogP contribution in [0.15, 0.2) is 24.3 Å². The van der Waals surface area contributed by atoms with Crippen LogP contribution in [0.2, 0.25) is 0 Å². The molecule has 158 valence electrons. The largest absolute Gasteiger partial charge is 0.326 e. The molecule has 1 aliphatic rings. The zero-order chi connectivity index (χ0) is 20.9. The van der Waals surface area contributed by atoms with Crippen LogP contribution in [0.1, 0.15) is 52.5 Å². The molecule has 1 saturated heterocycles. The maximum atomic E-state index is 12.7. The molecule has 1 aliphatic heterocycles. The molecule has 1 heterocycles. The Kier molecular flexibility index (Phi) is 7.81. The lowest BCUT2D eigenvalue weighted by atomic mass is 9.98. The molecule has 1 aromatic carbocycles. The molecule has 0 aromatic heterocycles. The highest BCUT2D eigenvalue weighted by molar-refractivity contribution is 7.89. The van der Waals surface area contributed by atoms with Crippen LogP contribution in [-0.2, 0) is 31.4 Å². The van der Waals surface area contributed by atoms with Crippen molar-refractivity contribution in [2.75, 3.05) is 24.2 Å².